The lowest BCUT2D eigenvalue weighted by Crippen LogP contribution is -2.46. The molecular weight excluding hydrogens is 330 g/mol. The van der Waals surface area contributed by atoms with Gasteiger partial charge in [-0.2, -0.15) is 5.10 Å². The van der Waals surface area contributed by atoms with Crippen molar-refractivity contribution < 1.29 is 9.53 Å². The van der Waals surface area contributed by atoms with Crippen molar-refractivity contribution in [3.8, 4) is 0 Å². The van der Waals surface area contributed by atoms with Crippen LogP contribution in [-0.2, 0) is 22.5 Å². The molecule has 7 heteroatoms. The summed E-state index contributed by atoms with van der Waals surface area (Å²) in [6.07, 6.45) is 7.38. The molecule has 1 amide bonds. The maximum atomic E-state index is 12.5. The van der Waals surface area contributed by atoms with Crippen LogP contribution < -0.4 is 4.90 Å². The van der Waals surface area contributed by atoms with Gasteiger partial charge in [-0.3, -0.25) is 9.48 Å². The second-order valence-corrected chi connectivity index (χ2v) is 7.00. The van der Waals surface area contributed by atoms with Gasteiger partial charge in [0.05, 0.1) is 18.9 Å². The summed E-state index contributed by atoms with van der Waals surface area (Å²) in [7, 11) is 3.97. The first-order chi connectivity index (χ1) is 12.5. The molecule has 1 atom stereocenters. The maximum absolute atomic E-state index is 12.5. The predicted octanol–water partition coefficient (Wildman–Crippen LogP) is 1.51. The van der Waals surface area contributed by atoms with Gasteiger partial charge in [-0.05, 0) is 43.0 Å². The van der Waals surface area contributed by atoms with Gasteiger partial charge in [0.2, 0.25) is 5.91 Å². The Morgan fingerprint density at radius 1 is 1.42 bits per heavy atom. The molecule has 7 nitrogen and oxygen atoms in total. The molecule has 3 heterocycles. The zero-order chi connectivity index (χ0) is 18.5. The quantitative estimate of drug-likeness (QED) is 0.784. The first-order valence-electron chi connectivity index (χ1n) is 9.02. The first kappa shape index (κ1) is 18.4. The van der Waals surface area contributed by atoms with Gasteiger partial charge in [-0.1, -0.05) is 0 Å². The Morgan fingerprint density at radius 2 is 2.27 bits per heavy atom. The minimum absolute atomic E-state index is 0.0722. The molecular formula is C19H27N5O2. The predicted molar refractivity (Wildman–Crippen MR) is 100 cm³/mol. The van der Waals surface area contributed by atoms with Crippen LogP contribution in [0.25, 0.3) is 0 Å². The van der Waals surface area contributed by atoms with E-state index in [9.17, 15) is 4.79 Å². The number of aromatic nitrogens is 3. The molecule has 0 aliphatic carbocycles. The second kappa shape index (κ2) is 8.31. The third kappa shape index (κ3) is 4.82. The molecule has 0 saturated carbocycles. The highest BCUT2D eigenvalue weighted by Crippen LogP contribution is 2.16. The molecule has 2 aromatic heterocycles. The highest BCUT2D eigenvalue weighted by molar-refractivity contribution is 5.76. The highest BCUT2D eigenvalue weighted by Gasteiger charge is 2.24. The largest absolute Gasteiger partial charge is 0.375 e. The Kier molecular flexibility index (Phi) is 5.88. The summed E-state index contributed by atoms with van der Waals surface area (Å²) in [6.45, 7) is 4.14. The summed E-state index contributed by atoms with van der Waals surface area (Å²) in [6, 6.07) is 4.14. The summed E-state index contributed by atoms with van der Waals surface area (Å²) in [5, 5.41) is 4.20. The third-order valence-corrected chi connectivity index (χ3v) is 4.57. The topological polar surface area (TPSA) is 63.5 Å². The zero-order valence-corrected chi connectivity index (χ0v) is 15.8. The lowest BCUT2D eigenvalue weighted by molar-refractivity contribution is -0.139. The lowest BCUT2D eigenvalue weighted by atomic mass is 10.1. The average molecular weight is 357 g/mol. The molecule has 0 aromatic carbocycles. The Morgan fingerprint density at radius 3 is 3.00 bits per heavy atom. The number of morpholine rings is 1. The Bertz CT molecular complexity index is 743. The van der Waals surface area contributed by atoms with Gasteiger partial charge in [0, 0.05) is 39.6 Å². The molecule has 26 heavy (non-hydrogen) atoms. The number of rotatable bonds is 6. The van der Waals surface area contributed by atoms with E-state index in [1.54, 1.807) is 10.9 Å². The third-order valence-electron chi connectivity index (χ3n) is 4.57. The van der Waals surface area contributed by atoms with Crippen molar-refractivity contribution in [2.24, 2.45) is 0 Å². The number of anilines is 1. The van der Waals surface area contributed by atoms with Crippen LogP contribution in [0.15, 0.2) is 30.7 Å². The summed E-state index contributed by atoms with van der Waals surface area (Å²) in [5.74, 6) is 1.05. The van der Waals surface area contributed by atoms with E-state index in [4.69, 9.17) is 4.74 Å². The van der Waals surface area contributed by atoms with Crippen molar-refractivity contribution in [2.75, 3.05) is 38.7 Å². The summed E-state index contributed by atoms with van der Waals surface area (Å²) >= 11 is 0. The minimum Gasteiger partial charge on any atom is -0.375 e. The molecule has 140 valence electrons. The fourth-order valence-corrected chi connectivity index (χ4v) is 3.10. The number of carbonyl (C=O) groups is 1. The summed E-state index contributed by atoms with van der Waals surface area (Å²) in [5.41, 5.74) is 2.30. The van der Waals surface area contributed by atoms with Crippen molar-refractivity contribution in [3.63, 3.8) is 0 Å². The average Bonchev–Trinajstić information content (AvgIpc) is 3.05. The SMILES string of the molecule is Cc1cnn(CC(=O)N2CCO[C@@H](CCc3ccnc(N(C)C)c3)C2)c1. The fraction of sp³-hybridized carbons (Fsp3) is 0.526. The summed E-state index contributed by atoms with van der Waals surface area (Å²) in [4.78, 5) is 20.7. The van der Waals surface area contributed by atoms with Crippen molar-refractivity contribution >= 4 is 11.7 Å². The Balaban J connectivity index is 1.52. The molecule has 1 saturated heterocycles. The number of aryl methyl sites for hydroxylation is 2. The van der Waals surface area contributed by atoms with Crippen LogP contribution in [0.3, 0.4) is 0 Å². The molecule has 1 aliphatic rings. The molecule has 0 radical (unpaired) electrons. The number of carbonyl (C=O) groups excluding carboxylic acids is 1. The van der Waals surface area contributed by atoms with Gasteiger partial charge in [-0.25, -0.2) is 4.98 Å². The molecule has 0 N–H and O–H groups in total. The van der Waals surface area contributed by atoms with E-state index < -0.39 is 0 Å². The maximum Gasteiger partial charge on any atom is 0.244 e. The molecule has 2 aromatic rings. The van der Waals surface area contributed by atoms with Crippen molar-refractivity contribution in [1.29, 1.82) is 0 Å². The van der Waals surface area contributed by atoms with Gasteiger partial charge in [0.25, 0.3) is 0 Å². The second-order valence-electron chi connectivity index (χ2n) is 7.00. The normalized spacial score (nSPS) is 17.3. The van der Waals surface area contributed by atoms with Crippen molar-refractivity contribution in [2.45, 2.75) is 32.4 Å². The monoisotopic (exact) mass is 357 g/mol. The van der Waals surface area contributed by atoms with Crippen LogP contribution in [0.2, 0.25) is 0 Å². The van der Waals surface area contributed by atoms with Crippen molar-refractivity contribution in [1.82, 2.24) is 19.7 Å². The molecule has 0 unspecified atom stereocenters. The molecule has 1 fully saturated rings. The van der Waals surface area contributed by atoms with E-state index in [2.05, 4.69) is 16.1 Å². The van der Waals surface area contributed by atoms with Crippen LogP contribution in [-0.4, -0.2) is 65.5 Å². The zero-order valence-electron chi connectivity index (χ0n) is 15.8. The van der Waals surface area contributed by atoms with Gasteiger partial charge >= 0.3 is 0 Å². The van der Waals surface area contributed by atoms with Crippen LogP contribution in [0, 0.1) is 6.92 Å². The molecule has 1 aliphatic heterocycles. The Hall–Kier alpha value is -2.41. The van der Waals surface area contributed by atoms with Gasteiger partial charge in [-0.15, -0.1) is 0 Å². The van der Waals surface area contributed by atoms with Crippen LogP contribution in [0.5, 0.6) is 0 Å². The van der Waals surface area contributed by atoms with E-state index in [-0.39, 0.29) is 18.6 Å². The Labute approximate surface area is 154 Å². The number of hydrogen-bond donors (Lipinski definition) is 0. The van der Waals surface area contributed by atoms with Crippen LogP contribution in [0.4, 0.5) is 5.82 Å². The number of pyridine rings is 1. The van der Waals surface area contributed by atoms with E-state index in [1.807, 2.05) is 49.3 Å². The fourth-order valence-electron chi connectivity index (χ4n) is 3.10. The highest BCUT2D eigenvalue weighted by atomic mass is 16.5. The van der Waals surface area contributed by atoms with Gasteiger partial charge < -0.3 is 14.5 Å². The van der Waals surface area contributed by atoms with Crippen LogP contribution in [0.1, 0.15) is 17.5 Å². The molecule has 0 bridgehead atoms. The van der Waals surface area contributed by atoms with Crippen molar-refractivity contribution in [3.05, 3.63) is 41.9 Å². The molecule has 3 rings (SSSR count). The summed E-state index contributed by atoms with van der Waals surface area (Å²) < 4.78 is 7.57. The van der Waals surface area contributed by atoms with Gasteiger partial charge in [0.1, 0.15) is 12.4 Å². The van der Waals surface area contributed by atoms with E-state index in [1.165, 1.54) is 5.56 Å². The number of nitrogens with zero attached hydrogens (tertiary/aromatic N) is 5. The van der Waals surface area contributed by atoms with Gasteiger partial charge in [0.15, 0.2) is 0 Å². The number of amides is 1. The standard InChI is InChI=1S/C19H27N5O2/c1-15-11-21-24(12-15)14-19(25)23-8-9-26-17(13-23)5-4-16-6-7-20-18(10-16)22(2)3/h6-7,10-12,17H,4-5,8-9,13-14H2,1-3H3/t17-/m0/s1. The van der Waals surface area contributed by atoms with E-state index >= 15 is 0 Å². The first-order valence-corrected chi connectivity index (χ1v) is 9.02. The van der Waals surface area contributed by atoms with E-state index in [0.29, 0.717) is 19.7 Å². The van der Waals surface area contributed by atoms with Crippen LogP contribution >= 0.6 is 0 Å². The lowest BCUT2D eigenvalue weighted by Gasteiger charge is -2.33. The molecule has 0 spiro atoms. The minimum atomic E-state index is 0.0722. The number of ether oxygens (including phenoxy) is 1. The van der Waals surface area contributed by atoms with E-state index in [0.717, 1.165) is 24.2 Å². The number of hydrogen-bond acceptors (Lipinski definition) is 5. The smallest absolute Gasteiger partial charge is 0.244 e.